The average Bonchev–Trinajstić information content (AvgIpc) is 2.66. The second kappa shape index (κ2) is 6.18. The minimum Gasteiger partial charge on any atom is -0.345 e. The van der Waals surface area contributed by atoms with Gasteiger partial charge >= 0.3 is 6.18 Å². The van der Waals surface area contributed by atoms with Crippen LogP contribution < -0.4 is 5.32 Å². The molecule has 1 heterocycles. The van der Waals surface area contributed by atoms with Crippen molar-refractivity contribution in [2.75, 3.05) is 6.54 Å². The van der Waals surface area contributed by atoms with Crippen LogP contribution in [0, 0.1) is 0 Å². The van der Waals surface area contributed by atoms with Crippen molar-refractivity contribution in [1.29, 1.82) is 0 Å². The maximum absolute atomic E-state index is 12.3. The molecule has 120 valence electrons. The van der Waals surface area contributed by atoms with Crippen molar-refractivity contribution in [3.05, 3.63) is 18.0 Å². The summed E-state index contributed by atoms with van der Waals surface area (Å²) in [5.74, 6) is -1.27. The summed E-state index contributed by atoms with van der Waals surface area (Å²) in [4.78, 5) is 10.8. The predicted molar refractivity (Wildman–Crippen MR) is 61.9 cm³/mol. The topological polar surface area (TPSA) is 68.2 Å². The largest absolute Gasteiger partial charge is 0.406 e. The van der Waals surface area contributed by atoms with E-state index in [0.717, 1.165) is 0 Å². The van der Waals surface area contributed by atoms with Crippen LogP contribution in [0.3, 0.4) is 0 Å². The van der Waals surface area contributed by atoms with Crippen molar-refractivity contribution in [1.82, 2.24) is 9.88 Å². The van der Waals surface area contributed by atoms with Crippen molar-refractivity contribution in [2.24, 2.45) is 0 Å². The maximum atomic E-state index is 12.3. The number of amides is 1. The summed E-state index contributed by atoms with van der Waals surface area (Å²) in [6.45, 7) is -2.75. The fourth-order valence-corrected chi connectivity index (χ4v) is 2.15. The Bertz CT molecular complexity index is 626. The number of hydrogen-bond acceptors (Lipinski definition) is 3. The molecule has 0 radical (unpaired) electrons. The summed E-state index contributed by atoms with van der Waals surface area (Å²) < 4.78 is 83.4. The van der Waals surface area contributed by atoms with Gasteiger partial charge in [-0.25, -0.2) is 17.2 Å². The molecule has 0 aromatic carbocycles. The van der Waals surface area contributed by atoms with Crippen LogP contribution in [0.2, 0.25) is 0 Å². The first-order valence-electron chi connectivity index (χ1n) is 5.18. The zero-order chi connectivity index (χ0) is 16.4. The quantitative estimate of drug-likeness (QED) is 0.649. The third-order valence-electron chi connectivity index (χ3n) is 2.15. The molecule has 21 heavy (non-hydrogen) atoms. The second-order valence-corrected chi connectivity index (χ2v) is 6.41. The van der Waals surface area contributed by atoms with Gasteiger partial charge in [-0.1, -0.05) is 0 Å². The first kappa shape index (κ1) is 17.7. The molecule has 0 aliphatic carbocycles. The minimum absolute atomic E-state index is 0.274. The Morgan fingerprint density at radius 3 is 2.38 bits per heavy atom. The van der Waals surface area contributed by atoms with E-state index in [1.54, 1.807) is 5.32 Å². The molecule has 0 bridgehead atoms. The highest BCUT2D eigenvalue weighted by atomic mass is 35.7. The Kier molecular flexibility index (Phi) is 5.20. The van der Waals surface area contributed by atoms with Gasteiger partial charge in [0.25, 0.3) is 21.4 Å². The molecule has 0 fully saturated rings. The first-order valence-corrected chi connectivity index (χ1v) is 7.49. The molecular weight excluding hydrogens is 347 g/mol. The standard InChI is InChI=1S/C9H8ClF5N2O3S/c10-21(19,20)5-1-6(8(18)16-2-7(11)12)17(3-5)4-9(13,14)15/h1,3,7H,2,4H2,(H,16,18). The highest BCUT2D eigenvalue weighted by Gasteiger charge is 2.31. The molecule has 1 rings (SSSR count). The molecule has 0 aliphatic rings. The highest BCUT2D eigenvalue weighted by Crippen LogP contribution is 2.23. The van der Waals surface area contributed by atoms with Crippen LogP contribution in [0.5, 0.6) is 0 Å². The summed E-state index contributed by atoms with van der Waals surface area (Å²) in [7, 11) is 0.604. The Morgan fingerprint density at radius 2 is 1.95 bits per heavy atom. The molecule has 1 N–H and O–H groups in total. The Hall–Kier alpha value is -1.36. The van der Waals surface area contributed by atoms with Crippen LogP contribution >= 0.6 is 10.7 Å². The molecule has 12 heteroatoms. The van der Waals surface area contributed by atoms with Crippen molar-refractivity contribution in [3.63, 3.8) is 0 Å². The summed E-state index contributed by atoms with van der Waals surface area (Å²) in [5.41, 5.74) is -0.743. The molecule has 1 aromatic rings. The van der Waals surface area contributed by atoms with Crippen LogP contribution in [-0.4, -0.2) is 38.0 Å². The number of nitrogens with zero attached hydrogens (tertiary/aromatic N) is 1. The molecule has 0 saturated carbocycles. The maximum Gasteiger partial charge on any atom is 0.406 e. The van der Waals surface area contributed by atoms with Gasteiger partial charge in [-0.2, -0.15) is 13.2 Å². The number of alkyl halides is 5. The molecule has 5 nitrogen and oxygen atoms in total. The van der Waals surface area contributed by atoms with E-state index in [2.05, 4.69) is 0 Å². The molecule has 0 aliphatic heterocycles. The van der Waals surface area contributed by atoms with E-state index in [4.69, 9.17) is 10.7 Å². The number of halogens is 6. The van der Waals surface area contributed by atoms with Crippen LogP contribution in [0.15, 0.2) is 17.2 Å². The van der Waals surface area contributed by atoms with Crippen LogP contribution in [-0.2, 0) is 15.6 Å². The predicted octanol–water partition coefficient (Wildman–Crippen LogP) is 1.97. The molecule has 0 atom stereocenters. The number of nitrogens with one attached hydrogen (secondary N) is 1. The van der Waals surface area contributed by atoms with E-state index >= 15 is 0 Å². The van der Waals surface area contributed by atoms with Crippen LogP contribution in [0.1, 0.15) is 10.5 Å². The van der Waals surface area contributed by atoms with E-state index < -0.39 is 51.2 Å². The van der Waals surface area contributed by atoms with Gasteiger partial charge in [0.15, 0.2) is 0 Å². The van der Waals surface area contributed by atoms with Gasteiger partial charge in [-0.3, -0.25) is 4.79 Å². The minimum atomic E-state index is -4.75. The molecule has 1 aromatic heterocycles. The number of hydrogen-bond donors (Lipinski definition) is 1. The van der Waals surface area contributed by atoms with E-state index in [9.17, 15) is 35.2 Å². The van der Waals surface area contributed by atoms with Crippen molar-refractivity contribution in [2.45, 2.75) is 24.0 Å². The summed E-state index contributed by atoms with van der Waals surface area (Å²) in [5, 5.41) is 1.67. The second-order valence-electron chi connectivity index (χ2n) is 3.84. The molecule has 0 saturated heterocycles. The zero-order valence-electron chi connectivity index (χ0n) is 9.99. The van der Waals surface area contributed by atoms with Crippen LogP contribution in [0.25, 0.3) is 0 Å². The Labute approximate surface area is 120 Å². The fourth-order valence-electron chi connectivity index (χ4n) is 1.39. The van der Waals surface area contributed by atoms with E-state index in [1.807, 2.05) is 0 Å². The lowest BCUT2D eigenvalue weighted by Crippen LogP contribution is -2.31. The SMILES string of the molecule is O=C(NCC(F)F)c1cc(S(=O)(=O)Cl)cn1CC(F)(F)F. The summed E-state index contributed by atoms with van der Waals surface area (Å²) in [6.07, 6.45) is -7.15. The smallest absolute Gasteiger partial charge is 0.345 e. The third-order valence-corrected chi connectivity index (χ3v) is 3.47. The Balaban J connectivity index is 3.15. The number of carbonyl (C=O) groups excluding carboxylic acids is 1. The van der Waals surface area contributed by atoms with E-state index in [1.165, 1.54) is 0 Å². The van der Waals surface area contributed by atoms with Gasteiger partial charge in [0, 0.05) is 16.9 Å². The Morgan fingerprint density at radius 1 is 1.38 bits per heavy atom. The van der Waals surface area contributed by atoms with Gasteiger partial charge in [-0.15, -0.1) is 0 Å². The summed E-state index contributed by atoms with van der Waals surface area (Å²) in [6, 6.07) is 0.578. The van der Waals surface area contributed by atoms with Crippen molar-refractivity contribution < 1.29 is 35.2 Å². The van der Waals surface area contributed by atoms with Gasteiger partial charge in [-0.05, 0) is 6.07 Å². The lowest BCUT2D eigenvalue weighted by Gasteiger charge is -2.11. The molecular formula is C9H8ClF5N2O3S. The first-order chi connectivity index (χ1) is 9.40. The van der Waals surface area contributed by atoms with Gasteiger partial charge in [0.05, 0.1) is 6.54 Å². The number of aromatic nitrogens is 1. The van der Waals surface area contributed by atoms with Crippen LogP contribution in [0.4, 0.5) is 22.0 Å². The lowest BCUT2D eigenvalue weighted by molar-refractivity contribution is -0.140. The molecule has 0 unspecified atom stereocenters. The fraction of sp³-hybridized carbons (Fsp3) is 0.444. The zero-order valence-corrected chi connectivity index (χ0v) is 11.6. The highest BCUT2D eigenvalue weighted by molar-refractivity contribution is 8.13. The number of rotatable bonds is 5. The molecule has 0 spiro atoms. The summed E-state index contributed by atoms with van der Waals surface area (Å²) >= 11 is 0. The lowest BCUT2D eigenvalue weighted by atomic mass is 10.4. The van der Waals surface area contributed by atoms with Crippen molar-refractivity contribution in [3.8, 4) is 0 Å². The normalized spacial score (nSPS) is 12.7. The van der Waals surface area contributed by atoms with Gasteiger partial charge in [0.1, 0.15) is 17.1 Å². The van der Waals surface area contributed by atoms with E-state index in [-0.39, 0.29) is 4.57 Å². The molecule has 1 amide bonds. The monoisotopic (exact) mass is 354 g/mol. The third kappa shape index (κ3) is 5.50. The average molecular weight is 355 g/mol. The van der Waals surface area contributed by atoms with Gasteiger partial charge < -0.3 is 9.88 Å². The van der Waals surface area contributed by atoms with Gasteiger partial charge in [0.2, 0.25) is 0 Å². The van der Waals surface area contributed by atoms with Crippen molar-refractivity contribution >= 4 is 25.6 Å². The number of carbonyl (C=O) groups is 1. The van der Waals surface area contributed by atoms with E-state index in [0.29, 0.717) is 12.3 Å².